The maximum Gasteiger partial charge on any atom is 0.295 e. The van der Waals surface area contributed by atoms with Gasteiger partial charge >= 0.3 is 0 Å². The fraction of sp³-hybridized carbons (Fsp3) is 0.542. The number of carbonyl (C=O) groups is 3. The van der Waals surface area contributed by atoms with E-state index in [1.54, 1.807) is 11.1 Å². The third kappa shape index (κ3) is 4.27. The van der Waals surface area contributed by atoms with Crippen LogP contribution in [-0.2, 0) is 16.1 Å². The topological polar surface area (TPSA) is 62.6 Å². The van der Waals surface area contributed by atoms with E-state index >= 15 is 0 Å². The number of piperidine rings is 1. The standard InChI is InChI=1S/C24H31N3O3/c1-18-9-8-14-26(15-18)24(30)23(29)20-16-27(21-11-5-4-10-19(20)21)17-22(28)25-12-6-2-3-7-13-25/h4-5,10-11,16,18H,2-3,6-9,12-15,17H2,1H3. The van der Waals surface area contributed by atoms with Crippen LogP contribution in [0.15, 0.2) is 30.5 Å². The van der Waals surface area contributed by atoms with Crippen molar-refractivity contribution < 1.29 is 14.4 Å². The fourth-order valence-corrected chi connectivity index (χ4v) is 4.76. The van der Waals surface area contributed by atoms with Crippen LogP contribution in [0.5, 0.6) is 0 Å². The van der Waals surface area contributed by atoms with Gasteiger partial charge in [-0.3, -0.25) is 14.4 Å². The van der Waals surface area contributed by atoms with Crippen molar-refractivity contribution in [2.75, 3.05) is 26.2 Å². The number of nitrogens with zero attached hydrogens (tertiary/aromatic N) is 3. The van der Waals surface area contributed by atoms with Crippen molar-refractivity contribution in [3.63, 3.8) is 0 Å². The average Bonchev–Trinajstić information content (AvgIpc) is 2.92. The van der Waals surface area contributed by atoms with Crippen LogP contribution in [0.1, 0.15) is 55.8 Å². The van der Waals surface area contributed by atoms with Crippen molar-refractivity contribution in [2.45, 2.75) is 52.0 Å². The molecule has 2 amide bonds. The van der Waals surface area contributed by atoms with Crippen LogP contribution in [0.3, 0.4) is 0 Å². The maximum absolute atomic E-state index is 13.1. The molecule has 0 saturated carbocycles. The summed E-state index contributed by atoms with van der Waals surface area (Å²) in [5, 5.41) is 0.740. The summed E-state index contributed by atoms with van der Waals surface area (Å²) in [7, 11) is 0. The smallest absolute Gasteiger partial charge is 0.295 e. The zero-order valence-corrected chi connectivity index (χ0v) is 17.8. The second-order valence-electron chi connectivity index (χ2n) is 8.81. The third-order valence-electron chi connectivity index (χ3n) is 6.44. The number of fused-ring (bicyclic) bond motifs is 1. The van der Waals surface area contributed by atoms with Gasteiger partial charge in [-0.15, -0.1) is 0 Å². The molecule has 3 heterocycles. The molecular formula is C24H31N3O3. The lowest BCUT2D eigenvalue weighted by molar-refractivity contribution is -0.131. The molecule has 0 spiro atoms. The number of Topliss-reactive ketones (excluding diaryl/α,β-unsaturated/α-hetero) is 1. The molecule has 4 rings (SSSR count). The lowest BCUT2D eigenvalue weighted by atomic mass is 9.99. The first-order valence-electron chi connectivity index (χ1n) is 11.2. The Kier molecular flexibility index (Phi) is 6.21. The van der Waals surface area contributed by atoms with E-state index in [1.165, 1.54) is 12.8 Å². The lowest BCUT2D eigenvalue weighted by Gasteiger charge is -2.30. The van der Waals surface area contributed by atoms with Gasteiger partial charge in [0.15, 0.2) is 0 Å². The van der Waals surface area contributed by atoms with Gasteiger partial charge in [-0.1, -0.05) is 38.0 Å². The van der Waals surface area contributed by atoms with Gasteiger partial charge in [-0.2, -0.15) is 0 Å². The summed E-state index contributed by atoms with van der Waals surface area (Å²) in [5.74, 6) is -0.402. The van der Waals surface area contributed by atoms with E-state index in [0.717, 1.165) is 49.7 Å². The lowest BCUT2D eigenvalue weighted by Crippen LogP contribution is -2.42. The van der Waals surface area contributed by atoms with Crippen LogP contribution in [0.25, 0.3) is 10.9 Å². The summed E-state index contributed by atoms with van der Waals surface area (Å²) < 4.78 is 1.84. The van der Waals surface area contributed by atoms with Crippen molar-refractivity contribution in [2.24, 2.45) is 5.92 Å². The minimum Gasteiger partial charge on any atom is -0.341 e. The molecule has 2 saturated heterocycles. The molecule has 30 heavy (non-hydrogen) atoms. The van der Waals surface area contributed by atoms with E-state index in [-0.39, 0.29) is 12.5 Å². The van der Waals surface area contributed by atoms with E-state index in [4.69, 9.17) is 0 Å². The second-order valence-corrected chi connectivity index (χ2v) is 8.81. The van der Waals surface area contributed by atoms with Gasteiger partial charge in [0.2, 0.25) is 5.91 Å². The van der Waals surface area contributed by atoms with Crippen molar-refractivity contribution >= 4 is 28.5 Å². The summed E-state index contributed by atoms with van der Waals surface area (Å²) in [6.45, 7) is 5.19. The molecule has 160 valence electrons. The van der Waals surface area contributed by atoms with Gasteiger partial charge in [0.05, 0.1) is 5.56 Å². The highest BCUT2D eigenvalue weighted by Gasteiger charge is 2.29. The molecule has 1 atom stereocenters. The molecule has 1 unspecified atom stereocenters. The number of carbonyl (C=O) groups excluding carboxylic acids is 3. The number of ketones is 1. The number of likely N-dealkylation sites (tertiary alicyclic amines) is 2. The molecule has 0 aliphatic carbocycles. The molecule has 0 N–H and O–H groups in total. The van der Waals surface area contributed by atoms with Crippen LogP contribution in [0, 0.1) is 5.92 Å². The quantitative estimate of drug-likeness (QED) is 0.574. The van der Waals surface area contributed by atoms with E-state index in [2.05, 4.69) is 6.92 Å². The second kappa shape index (κ2) is 9.02. The first kappa shape index (κ1) is 20.6. The van der Waals surface area contributed by atoms with Crippen LogP contribution < -0.4 is 0 Å². The molecule has 1 aromatic heterocycles. The van der Waals surface area contributed by atoms with Gasteiger partial charge < -0.3 is 14.4 Å². The summed E-state index contributed by atoms with van der Waals surface area (Å²) in [6.07, 6.45) is 8.17. The molecule has 2 aliphatic rings. The SMILES string of the molecule is CC1CCCN(C(=O)C(=O)c2cn(CC(=O)N3CCCCCC3)c3ccccc23)C1. The van der Waals surface area contributed by atoms with Gasteiger partial charge in [-0.25, -0.2) is 0 Å². The normalized spacial score (nSPS) is 20.2. The molecule has 2 fully saturated rings. The zero-order chi connectivity index (χ0) is 21.1. The fourth-order valence-electron chi connectivity index (χ4n) is 4.76. The number of hydrogen-bond acceptors (Lipinski definition) is 3. The molecule has 2 aromatic rings. The number of rotatable bonds is 4. The van der Waals surface area contributed by atoms with E-state index in [0.29, 0.717) is 24.6 Å². The summed E-state index contributed by atoms with van der Waals surface area (Å²) >= 11 is 0. The number of para-hydroxylation sites is 1. The Labute approximate surface area is 177 Å². The summed E-state index contributed by atoms with van der Waals surface area (Å²) in [5.41, 5.74) is 1.22. The summed E-state index contributed by atoms with van der Waals surface area (Å²) in [6, 6.07) is 7.54. The zero-order valence-electron chi connectivity index (χ0n) is 17.8. The Morgan fingerprint density at radius 2 is 1.63 bits per heavy atom. The number of benzene rings is 1. The third-order valence-corrected chi connectivity index (χ3v) is 6.44. The van der Waals surface area contributed by atoms with Gasteiger partial charge in [0.25, 0.3) is 11.7 Å². The van der Waals surface area contributed by atoms with E-state index in [9.17, 15) is 14.4 Å². The molecule has 0 radical (unpaired) electrons. The molecule has 6 nitrogen and oxygen atoms in total. The molecule has 1 aromatic carbocycles. The maximum atomic E-state index is 13.1. The van der Waals surface area contributed by atoms with E-state index < -0.39 is 11.7 Å². The highest BCUT2D eigenvalue weighted by molar-refractivity contribution is 6.44. The minimum atomic E-state index is -0.471. The monoisotopic (exact) mass is 409 g/mol. The van der Waals surface area contributed by atoms with E-state index in [1.807, 2.05) is 33.7 Å². The van der Waals surface area contributed by atoms with Crippen molar-refractivity contribution in [1.29, 1.82) is 0 Å². The van der Waals surface area contributed by atoms with Crippen LogP contribution in [0.4, 0.5) is 0 Å². The Morgan fingerprint density at radius 1 is 0.933 bits per heavy atom. The predicted octanol–water partition coefficient (Wildman–Crippen LogP) is 3.49. The Morgan fingerprint density at radius 3 is 2.37 bits per heavy atom. The highest BCUT2D eigenvalue weighted by atomic mass is 16.2. The largest absolute Gasteiger partial charge is 0.341 e. The molecule has 0 bridgehead atoms. The van der Waals surface area contributed by atoms with Crippen LogP contribution in [0.2, 0.25) is 0 Å². The van der Waals surface area contributed by atoms with Crippen LogP contribution >= 0.6 is 0 Å². The Bertz CT molecular complexity index is 940. The van der Waals surface area contributed by atoms with Gasteiger partial charge in [0, 0.05) is 43.3 Å². The highest BCUT2D eigenvalue weighted by Crippen LogP contribution is 2.24. The number of amides is 2. The van der Waals surface area contributed by atoms with Gasteiger partial charge in [-0.05, 0) is 37.7 Å². The Hall–Kier alpha value is -2.63. The minimum absolute atomic E-state index is 0.0767. The van der Waals surface area contributed by atoms with Crippen molar-refractivity contribution in [3.8, 4) is 0 Å². The molecule has 2 aliphatic heterocycles. The number of aromatic nitrogens is 1. The average molecular weight is 410 g/mol. The van der Waals surface area contributed by atoms with Crippen molar-refractivity contribution in [3.05, 3.63) is 36.0 Å². The van der Waals surface area contributed by atoms with Crippen LogP contribution in [-0.4, -0.2) is 58.1 Å². The predicted molar refractivity (Wildman–Crippen MR) is 116 cm³/mol. The first-order valence-corrected chi connectivity index (χ1v) is 11.2. The molecule has 6 heteroatoms. The van der Waals surface area contributed by atoms with Gasteiger partial charge in [0.1, 0.15) is 6.54 Å². The first-order chi connectivity index (χ1) is 14.5. The summed E-state index contributed by atoms with van der Waals surface area (Å²) in [4.78, 5) is 42.5. The number of hydrogen-bond donors (Lipinski definition) is 0. The van der Waals surface area contributed by atoms with Crippen molar-refractivity contribution in [1.82, 2.24) is 14.4 Å². The Balaban J connectivity index is 1.58. The molecular weight excluding hydrogens is 378 g/mol.